The van der Waals surface area contributed by atoms with E-state index in [1.807, 2.05) is 0 Å². The Hall–Kier alpha value is -1.51. The zero-order valence-electron chi connectivity index (χ0n) is 13.0. The third kappa shape index (κ3) is 3.37. The summed E-state index contributed by atoms with van der Waals surface area (Å²) < 4.78 is 11.2. The Morgan fingerprint density at radius 1 is 1.23 bits per heavy atom. The highest BCUT2D eigenvalue weighted by molar-refractivity contribution is 7.17. The van der Waals surface area contributed by atoms with Gasteiger partial charge in [-0.05, 0) is 0 Å². The number of hydrogen-bond donors (Lipinski definition) is 1. The molecule has 0 radical (unpaired) electrons. The lowest BCUT2D eigenvalue weighted by Crippen LogP contribution is -2.13. The zero-order chi connectivity index (χ0) is 18.8. The van der Waals surface area contributed by atoms with Crippen LogP contribution in [0.5, 0.6) is 11.5 Å². The Balaban J connectivity index is 2.06. The number of thiophene rings is 1. The number of rotatable bonds is 5. The summed E-state index contributed by atoms with van der Waals surface area (Å²) in [5.74, 6) is -0.303. The number of methoxy groups -OCH3 is 1. The summed E-state index contributed by atoms with van der Waals surface area (Å²) in [6, 6.07) is -0.205. The minimum Gasteiger partial charge on any atom is -0.493 e. The number of nitrogens with one attached hydrogen (secondary N) is 1. The third-order valence-electron chi connectivity index (χ3n) is 3.36. The Morgan fingerprint density at radius 2 is 1.96 bits per heavy atom. The monoisotopic (exact) mass is 451 g/mol. The molecule has 1 N–H and O–H groups in total. The molecule has 0 unspecified atom stereocenters. The summed E-state index contributed by atoms with van der Waals surface area (Å²) in [6.07, 6.45) is 2.99. The van der Waals surface area contributed by atoms with E-state index >= 15 is 0 Å². The van der Waals surface area contributed by atoms with Crippen molar-refractivity contribution >= 4 is 79.6 Å². The van der Waals surface area contributed by atoms with E-state index in [0.717, 1.165) is 4.70 Å². The molecule has 136 valence electrons. The van der Waals surface area contributed by atoms with Crippen LogP contribution in [0.25, 0.3) is 10.2 Å². The highest BCUT2D eigenvalue weighted by atomic mass is 35.5. The molecule has 0 saturated carbocycles. The molecule has 0 fully saturated rings. The minimum absolute atomic E-state index is 0.00367. The number of fused-ring (bicyclic) bond motifs is 1. The van der Waals surface area contributed by atoms with Crippen molar-refractivity contribution in [3.8, 4) is 11.5 Å². The number of benzene rings is 1. The summed E-state index contributed by atoms with van der Waals surface area (Å²) >= 11 is 25.7. The van der Waals surface area contributed by atoms with Gasteiger partial charge >= 0.3 is 0 Å². The van der Waals surface area contributed by atoms with Crippen LogP contribution in [0.2, 0.25) is 15.1 Å². The number of anilines is 1. The van der Waals surface area contributed by atoms with Crippen LogP contribution < -0.4 is 14.8 Å². The van der Waals surface area contributed by atoms with Crippen LogP contribution in [-0.4, -0.2) is 29.1 Å². The van der Waals surface area contributed by atoms with E-state index < -0.39 is 5.91 Å². The van der Waals surface area contributed by atoms with Gasteiger partial charge in [-0.15, -0.1) is 11.3 Å². The molecule has 2 heterocycles. The molecular formula is C15H9Cl4N3O3S. The summed E-state index contributed by atoms with van der Waals surface area (Å²) in [7, 11) is 1.38. The zero-order valence-corrected chi connectivity index (χ0v) is 16.8. The number of ether oxygens (including phenoxy) is 2. The second kappa shape index (κ2) is 8.02. The van der Waals surface area contributed by atoms with Crippen LogP contribution >= 0.6 is 57.7 Å². The number of amides is 1. The second-order valence-corrected chi connectivity index (χ2v) is 7.04. The molecule has 0 aliphatic carbocycles. The first kappa shape index (κ1) is 19.3. The smallest absolute Gasteiger partial charge is 0.258 e. The fraction of sp³-hybridized carbons (Fsp3) is 0.133. The Bertz CT molecular complexity index is 996. The first-order chi connectivity index (χ1) is 12.5. The number of nitrogens with zero attached hydrogens (tertiary/aromatic N) is 2. The first-order valence-electron chi connectivity index (χ1n) is 6.91. The lowest BCUT2D eigenvalue weighted by Gasteiger charge is -2.17. The Kier molecular flexibility index (Phi) is 5.94. The molecule has 0 aliphatic rings. The lowest BCUT2D eigenvalue weighted by atomic mass is 10.2. The molecule has 11 heteroatoms. The number of hydrogen-bond acceptors (Lipinski definition) is 6. The highest BCUT2D eigenvalue weighted by Crippen LogP contribution is 2.50. The van der Waals surface area contributed by atoms with Crippen LogP contribution in [-0.2, 0) is 0 Å². The molecule has 1 amide bonds. The maximum Gasteiger partial charge on any atom is 0.258 e. The molecule has 2 aromatic heterocycles. The standard InChI is InChI=1S/C15H9Cl4N3O3S/c1-24-13-8(17)12(9(18)14(10(13)19)25-4-16)22-15(23)6-3-26-7-2-20-5-21-11(6)7/h2-3,5H,4H2,1H3,(H,22,23). The maximum absolute atomic E-state index is 12.7. The average molecular weight is 453 g/mol. The van der Waals surface area contributed by atoms with Crippen molar-refractivity contribution in [1.29, 1.82) is 0 Å². The Labute approximate surface area is 171 Å². The van der Waals surface area contributed by atoms with Crippen molar-refractivity contribution in [2.75, 3.05) is 18.5 Å². The van der Waals surface area contributed by atoms with E-state index in [9.17, 15) is 4.79 Å². The van der Waals surface area contributed by atoms with Gasteiger partial charge in [-0.1, -0.05) is 46.4 Å². The predicted molar refractivity (Wildman–Crippen MR) is 105 cm³/mol. The number of halogens is 4. The van der Waals surface area contributed by atoms with E-state index in [2.05, 4.69) is 15.3 Å². The molecule has 1 aromatic carbocycles. The fourth-order valence-electron chi connectivity index (χ4n) is 2.21. The normalized spacial score (nSPS) is 10.8. The average Bonchev–Trinajstić information content (AvgIpc) is 3.07. The topological polar surface area (TPSA) is 73.3 Å². The highest BCUT2D eigenvalue weighted by Gasteiger charge is 2.25. The number of carbonyl (C=O) groups excluding carboxylic acids is 1. The SMILES string of the molecule is COc1c(Cl)c(NC(=O)c2csc3cncnc23)c(Cl)c(OCCl)c1Cl. The van der Waals surface area contributed by atoms with Crippen molar-refractivity contribution in [2.24, 2.45) is 0 Å². The molecule has 6 nitrogen and oxygen atoms in total. The van der Waals surface area contributed by atoms with Gasteiger partial charge in [0.15, 0.2) is 17.6 Å². The van der Waals surface area contributed by atoms with Gasteiger partial charge < -0.3 is 14.8 Å². The van der Waals surface area contributed by atoms with Crippen LogP contribution in [0.3, 0.4) is 0 Å². The Morgan fingerprint density at radius 3 is 2.65 bits per heavy atom. The molecule has 0 bridgehead atoms. The van der Waals surface area contributed by atoms with E-state index in [1.165, 1.54) is 24.8 Å². The van der Waals surface area contributed by atoms with Crippen LogP contribution in [0.4, 0.5) is 5.69 Å². The predicted octanol–water partition coefficient (Wildman–Crippen LogP) is 5.49. The lowest BCUT2D eigenvalue weighted by molar-refractivity contribution is 0.102. The van der Waals surface area contributed by atoms with E-state index in [4.69, 9.17) is 55.9 Å². The fourth-order valence-corrected chi connectivity index (χ4v) is 4.25. The molecule has 0 aliphatic heterocycles. The first-order valence-corrected chi connectivity index (χ1v) is 9.46. The molecular weight excluding hydrogens is 444 g/mol. The minimum atomic E-state index is -0.458. The third-order valence-corrected chi connectivity index (χ3v) is 5.44. The van der Waals surface area contributed by atoms with Crippen LogP contribution in [0.1, 0.15) is 10.4 Å². The van der Waals surface area contributed by atoms with Crippen molar-refractivity contribution in [3.05, 3.63) is 38.5 Å². The second-order valence-electron chi connectivity index (χ2n) is 4.77. The van der Waals surface area contributed by atoms with Crippen molar-refractivity contribution in [3.63, 3.8) is 0 Å². The van der Waals surface area contributed by atoms with Crippen molar-refractivity contribution in [1.82, 2.24) is 9.97 Å². The number of carbonyl (C=O) groups is 1. The molecule has 0 atom stereocenters. The number of alkyl halides is 1. The van der Waals surface area contributed by atoms with Gasteiger partial charge in [0.2, 0.25) is 0 Å². The summed E-state index contributed by atoms with van der Waals surface area (Å²) in [5.41, 5.74) is 0.967. The van der Waals surface area contributed by atoms with Crippen molar-refractivity contribution < 1.29 is 14.3 Å². The van der Waals surface area contributed by atoms with Gasteiger partial charge in [-0.25, -0.2) is 9.97 Å². The summed E-state index contributed by atoms with van der Waals surface area (Å²) in [6.45, 7) is 0. The van der Waals surface area contributed by atoms with Crippen molar-refractivity contribution in [2.45, 2.75) is 0 Å². The quantitative estimate of drug-likeness (QED) is 0.518. The van der Waals surface area contributed by atoms with Gasteiger partial charge in [0.25, 0.3) is 5.91 Å². The van der Waals surface area contributed by atoms with Gasteiger partial charge in [-0.2, -0.15) is 0 Å². The summed E-state index contributed by atoms with van der Waals surface area (Å²) in [4.78, 5) is 20.8. The van der Waals surface area contributed by atoms with Gasteiger partial charge in [0.1, 0.15) is 21.4 Å². The molecule has 0 saturated heterocycles. The maximum atomic E-state index is 12.7. The van der Waals surface area contributed by atoms with Crippen LogP contribution in [0, 0.1) is 0 Å². The number of aromatic nitrogens is 2. The van der Waals surface area contributed by atoms with Gasteiger partial charge in [-0.3, -0.25) is 4.79 Å². The molecule has 3 aromatic rings. The molecule has 26 heavy (non-hydrogen) atoms. The van der Waals surface area contributed by atoms with Crippen LogP contribution in [0.15, 0.2) is 17.9 Å². The molecule has 0 spiro atoms. The van der Waals surface area contributed by atoms with E-state index in [1.54, 1.807) is 11.6 Å². The van der Waals surface area contributed by atoms with Gasteiger partial charge in [0, 0.05) is 11.6 Å². The van der Waals surface area contributed by atoms with E-state index in [0.29, 0.717) is 11.1 Å². The van der Waals surface area contributed by atoms with E-state index in [-0.39, 0.29) is 38.3 Å². The summed E-state index contributed by atoms with van der Waals surface area (Å²) in [5, 5.41) is 4.41. The largest absolute Gasteiger partial charge is 0.493 e. The molecule has 3 rings (SSSR count). The van der Waals surface area contributed by atoms with Gasteiger partial charge in [0.05, 0.1) is 28.6 Å².